The van der Waals surface area contributed by atoms with Crippen LogP contribution in [0.4, 0.5) is 0 Å². The summed E-state index contributed by atoms with van der Waals surface area (Å²) in [6.45, 7) is 5.58. The fourth-order valence-electron chi connectivity index (χ4n) is 2.26. The van der Waals surface area contributed by atoms with E-state index in [2.05, 4.69) is 4.90 Å². The van der Waals surface area contributed by atoms with Gasteiger partial charge in [-0.2, -0.15) is 0 Å². The maximum absolute atomic E-state index is 11.2. The van der Waals surface area contributed by atoms with Gasteiger partial charge in [-0.05, 0) is 26.0 Å². The minimum atomic E-state index is -2.91. The molecule has 0 N–H and O–H groups in total. The molecule has 0 radical (unpaired) electrons. The summed E-state index contributed by atoms with van der Waals surface area (Å²) >= 11 is 0. The highest BCUT2D eigenvalue weighted by Gasteiger charge is 2.32. The second-order valence-corrected chi connectivity index (χ2v) is 7.63. The molecule has 1 aliphatic rings. The van der Waals surface area contributed by atoms with Crippen LogP contribution in [0.1, 0.15) is 12.5 Å². The molecular formula is C14H21NO3S. The molecule has 1 aliphatic heterocycles. The van der Waals surface area contributed by atoms with Gasteiger partial charge in [0.15, 0.2) is 0 Å². The molecule has 4 nitrogen and oxygen atoms in total. The Kier molecular flexibility index (Phi) is 4.16. The molecule has 19 heavy (non-hydrogen) atoms. The van der Waals surface area contributed by atoms with Crippen LogP contribution in [-0.2, 0) is 9.84 Å². The van der Waals surface area contributed by atoms with Crippen LogP contribution in [0, 0.1) is 6.92 Å². The molecule has 1 unspecified atom stereocenters. The van der Waals surface area contributed by atoms with E-state index < -0.39 is 9.84 Å². The van der Waals surface area contributed by atoms with Crippen LogP contribution in [-0.4, -0.2) is 50.6 Å². The Labute approximate surface area is 115 Å². The first-order valence-corrected chi connectivity index (χ1v) is 8.54. The Hall–Kier alpha value is -1.07. The summed E-state index contributed by atoms with van der Waals surface area (Å²) in [4.78, 5) is 2.14. The predicted molar refractivity (Wildman–Crippen MR) is 76.3 cm³/mol. The van der Waals surface area contributed by atoms with E-state index in [1.807, 2.05) is 38.1 Å². The van der Waals surface area contributed by atoms with Crippen molar-refractivity contribution in [3.05, 3.63) is 29.8 Å². The lowest BCUT2D eigenvalue weighted by molar-refractivity contribution is 0.000949. The van der Waals surface area contributed by atoms with E-state index in [9.17, 15) is 8.42 Å². The summed E-state index contributed by atoms with van der Waals surface area (Å²) in [6.07, 6.45) is 1.45. The zero-order valence-corrected chi connectivity index (χ0v) is 12.5. The fourth-order valence-corrected chi connectivity index (χ4v) is 3.34. The molecule has 0 bridgehead atoms. The second-order valence-electron chi connectivity index (χ2n) is 5.45. The highest BCUT2D eigenvalue weighted by molar-refractivity contribution is 7.90. The number of ether oxygens (including phenoxy) is 1. The first-order valence-electron chi connectivity index (χ1n) is 6.48. The monoisotopic (exact) mass is 283 g/mol. The first kappa shape index (κ1) is 14.3. The van der Waals surface area contributed by atoms with Gasteiger partial charge in [0, 0.05) is 25.4 Å². The van der Waals surface area contributed by atoms with Gasteiger partial charge >= 0.3 is 0 Å². The van der Waals surface area contributed by atoms with Crippen molar-refractivity contribution in [2.24, 2.45) is 0 Å². The molecular weight excluding hydrogens is 262 g/mol. The molecule has 5 heteroatoms. The third-order valence-corrected chi connectivity index (χ3v) is 4.46. The lowest BCUT2D eigenvalue weighted by Crippen LogP contribution is -2.58. The molecule has 1 saturated heterocycles. The summed E-state index contributed by atoms with van der Waals surface area (Å²) in [5.74, 6) is 1.09. The summed E-state index contributed by atoms with van der Waals surface area (Å²) in [5.41, 5.74) is 1.21. The number of hydrogen-bond donors (Lipinski definition) is 0. The van der Waals surface area contributed by atoms with Gasteiger partial charge in [-0.3, -0.25) is 4.90 Å². The Morgan fingerprint density at radius 3 is 2.42 bits per heavy atom. The Balaban J connectivity index is 1.78. The van der Waals surface area contributed by atoms with Gasteiger partial charge in [0.1, 0.15) is 21.7 Å². The SMILES string of the molecule is Cc1ccc(OC2CN(C(C)CS(C)(=O)=O)C2)cc1. The normalized spacial score (nSPS) is 18.9. The van der Waals surface area contributed by atoms with E-state index in [4.69, 9.17) is 4.74 Å². The molecule has 1 atom stereocenters. The quantitative estimate of drug-likeness (QED) is 0.821. The van der Waals surface area contributed by atoms with Crippen molar-refractivity contribution >= 4 is 9.84 Å². The maximum atomic E-state index is 11.2. The van der Waals surface area contributed by atoms with Gasteiger partial charge in [0.25, 0.3) is 0 Å². The molecule has 0 aliphatic carbocycles. The molecule has 2 rings (SSSR count). The summed E-state index contributed by atoms with van der Waals surface area (Å²) in [5, 5.41) is 0. The lowest BCUT2D eigenvalue weighted by atomic mass is 10.1. The summed E-state index contributed by atoms with van der Waals surface area (Å²) in [6, 6.07) is 8.05. The lowest BCUT2D eigenvalue weighted by Gasteiger charge is -2.42. The molecule has 0 spiro atoms. The van der Waals surface area contributed by atoms with Crippen LogP contribution in [0.2, 0.25) is 0 Å². The average molecular weight is 283 g/mol. The number of likely N-dealkylation sites (tertiary alicyclic amines) is 1. The molecule has 0 aromatic heterocycles. The first-order chi connectivity index (χ1) is 8.83. The molecule has 106 valence electrons. The molecule has 1 heterocycles. The van der Waals surface area contributed by atoms with Gasteiger partial charge < -0.3 is 4.74 Å². The fraction of sp³-hybridized carbons (Fsp3) is 0.571. The van der Waals surface area contributed by atoms with Gasteiger partial charge in [0.2, 0.25) is 0 Å². The third kappa shape index (κ3) is 4.21. The van der Waals surface area contributed by atoms with Crippen molar-refractivity contribution in [3.8, 4) is 5.75 Å². The van der Waals surface area contributed by atoms with Gasteiger partial charge in [0.05, 0.1) is 5.75 Å². The highest BCUT2D eigenvalue weighted by atomic mass is 32.2. The standard InChI is InChI=1S/C14H21NO3S/c1-11-4-6-13(7-5-11)18-14-8-15(9-14)12(2)10-19(3,16)17/h4-7,12,14H,8-10H2,1-3H3. The number of nitrogens with zero attached hydrogens (tertiary/aromatic N) is 1. The van der Waals surface area contributed by atoms with Crippen molar-refractivity contribution in [1.82, 2.24) is 4.90 Å². The molecule has 0 saturated carbocycles. The maximum Gasteiger partial charge on any atom is 0.148 e. The largest absolute Gasteiger partial charge is 0.488 e. The highest BCUT2D eigenvalue weighted by Crippen LogP contribution is 2.20. The minimum Gasteiger partial charge on any atom is -0.488 e. The number of aryl methyl sites for hydroxylation is 1. The van der Waals surface area contributed by atoms with E-state index in [0.29, 0.717) is 0 Å². The Morgan fingerprint density at radius 2 is 1.89 bits per heavy atom. The molecule has 0 amide bonds. The topological polar surface area (TPSA) is 46.6 Å². The summed E-state index contributed by atoms with van der Waals surface area (Å²) < 4.78 is 28.3. The van der Waals surface area contributed by atoms with E-state index in [0.717, 1.165) is 18.8 Å². The van der Waals surface area contributed by atoms with Gasteiger partial charge in [-0.1, -0.05) is 17.7 Å². The van der Waals surface area contributed by atoms with Crippen LogP contribution in [0.15, 0.2) is 24.3 Å². The van der Waals surface area contributed by atoms with Crippen molar-refractivity contribution in [2.75, 3.05) is 25.1 Å². The van der Waals surface area contributed by atoms with Gasteiger partial charge in [-0.25, -0.2) is 8.42 Å². The van der Waals surface area contributed by atoms with Crippen LogP contribution in [0.3, 0.4) is 0 Å². The molecule has 1 aromatic rings. The van der Waals surface area contributed by atoms with Crippen LogP contribution < -0.4 is 4.74 Å². The zero-order valence-electron chi connectivity index (χ0n) is 11.7. The number of sulfone groups is 1. The Bertz CT molecular complexity index is 518. The molecule has 1 aromatic carbocycles. The van der Waals surface area contributed by atoms with E-state index in [1.165, 1.54) is 11.8 Å². The van der Waals surface area contributed by atoms with E-state index in [1.54, 1.807) is 0 Å². The third-order valence-electron chi connectivity index (χ3n) is 3.37. The van der Waals surface area contributed by atoms with Crippen molar-refractivity contribution in [2.45, 2.75) is 26.0 Å². The second kappa shape index (κ2) is 5.51. The summed E-state index contributed by atoms with van der Waals surface area (Å²) in [7, 11) is -2.91. The Morgan fingerprint density at radius 1 is 1.32 bits per heavy atom. The van der Waals surface area contributed by atoms with Crippen LogP contribution >= 0.6 is 0 Å². The number of benzene rings is 1. The van der Waals surface area contributed by atoms with Crippen LogP contribution in [0.5, 0.6) is 5.75 Å². The van der Waals surface area contributed by atoms with E-state index >= 15 is 0 Å². The molecule has 1 fully saturated rings. The number of hydrogen-bond acceptors (Lipinski definition) is 4. The van der Waals surface area contributed by atoms with Crippen molar-refractivity contribution in [1.29, 1.82) is 0 Å². The number of rotatable bonds is 5. The van der Waals surface area contributed by atoms with E-state index in [-0.39, 0.29) is 17.9 Å². The zero-order chi connectivity index (χ0) is 14.0. The predicted octanol–water partition coefficient (Wildman–Crippen LogP) is 1.49. The van der Waals surface area contributed by atoms with Crippen molar-refractivity contribution < 1.29 is 13.2 Å². The van der Waals surface area contributed by atoms with Gasteiger partial charge in [-0.15, -0.1) is 0 Å². The van der Waals surface area contributed by atoms with Crippen molar-refractivity contribution in [3.63, 3.8) is 0 Å². The minimum absolute atomic E-state index is 0.0628. The average Bonchev–Trinajstić information content (AvgIpc) is 2.22. The van der Waals surface area contributed by atoms with Crippen LogP contribution in [0.25, 0.3) is 0 Å². The smallest absolute Gasteiger partial charge is 0.148 e.